The Labute approximate surface area is 113 Å². The van der Waals surface area contributed by atoms with Gasteiger partial charge in [0.1, 0.15) is 0 Å². The monoisotopic (exact) mass is 268 g/mol. The van der Waals surface area contributed by atoms with Crippen LogP contribution >= 0.6 is 11.6 Å². The summed E-state index contributed by atoms with van der Waals surface area (Å²) in [5.41, 5.74) is 2.08. The first kappa shape index (κ1) is 12.5. The van der Waals surface area contributed by atoms with Crippen LogP contribution in [-0.4, -0.2) is 40.4 Å². The standard InChI is InChI=1S/C13H21ClN4/c1-9-13(14)12(17(2)16-9)8-18-6-10-4-3-5-15-11(10)7-18/h10-11,15H,3-8H2,1-2H3. The number of nitrogens with one attached hydrogen (secondary N) is 1. The van der Waals surface area contributed by atoms with Gasteiger partial charge in [0.2, 0.25) is 0 Å². The molecule has 0 amide bonds. The molecule has 2 atom stereocenters. The lowest BCUT2D eigenvalue weighted by Gasteiger charge is -2.24. The van der Waals surface area contributed by atoms with E-state index in [1.54, 1.807) is 0 Å². The van der Waals surface area contributed by atoms with Gasteiger partial charge in [-0.2, -0.15) is 5.10 Å². The summed E-state index contributed by atoms with van der Waals surface area (Å²) in [4.78, 5) is 2.51. The maximum atomic E-state index is 6.32. The molecule has 0 spiro atoms. The van der Waals surface area contributed by atoms with E-state index >= 15 is 0 Å². The van der Waals surface area contributed by atoms with Gasteiger partial charge in [0, 0.05) is 32.7 Å². The molecule has 100 valence electrons. The normalized spacial score (nSPS) is 28.6. The molecule has 1 aromatic rings. The van der Waals surface area contributed by atoms with E-state index in [-0.39, 0.29) is 0 Å². The first-order chi connectivity index (χ1) is 8.65. The Morgan fingerprint density at radius 3 is 2.94 bits per heavy atom. The number of piperidine rings is 1. The minimum Gasteiger partial charge on any atom is -0.312 e. The first-order valence-corrected chi connectivity index (χ1v) is 7.16. The Hall–Kier alpha value is -0.580. The Morgan fingerprint density at radius 1 is 1.44 bits per heavy atom. The molecule has 0 aliphatic carbocycles. The predicted octanol–water partition coefficient (Wildman–Crippen LogP) is 1.57. The number of hydrogen-bond donors (Lipinski definition) is 1. The van der Waals surface area contributed by atoms with Gasteiger partial charge >= 0.3 is 0 Å². The van der Waals surface area contributed by atoms with Crippen LogP contribution in [0.15, 0.2) is 0 Å². The summed E-state index contributed by atoms with van der Waals surface area (Å²) < 4.78 is 1.92. The molecule has 2 saturated heterocycles. The second-order valence-electron chi connectivity index (χ2n) is 5.63. The largest absolute Gasteiger partial charge is 0.312 e. The van der Waals surface area contributed by atoms with E-state index in [1.807, 2.05) is 18.7 Å². The first-order valence-electron chi connectivity index (χ1n) is 6.79. The van der Waals surface area contributed by atoms with Crippen molar-refractivity contribution in [2.45, 2.75) is 32.4 Å². The van der Waals surface area contributed by atoms with Crippen LogP contribution in [0.2, 0.25) is 5.02 Å². The SMILES string of the molecule is Cc1nn(C)c(CN2CC3CCCNC3C2)c1Cl. The molecule has 18 heavy (non-hydrogen) atoms. The summed E-state index contributed by atoms with van der Waals surface area (Å²) in [6.07, 6.45) is 2.69. The minimum absolute atomic E-state index is 0.687. The smallest absolute Gasteiger partial charge is 0.0860 e. The Morgan fingerprint density at radius 2 is 2.28 bits per heavy atom. The number of aryl methyl sites for hydroxylation is 2. The molecule has 4 nitrogen and oxygen atoms in total. The Kier molecular flexibility index (Phi) is 3.34. The van der Waals surface area contributed by atoms with Crippen LogP contribution in [0, 0.1) is 12.8 Å². The van der Waals surface area contributed by atoms with Crippen molar-refractivity contribution in [3.63, 3.8) is 0 Å². The van der Waals surface area contributed by atoms with Crippen LogP contribution in [-0.2, 0) is 13.6 Å². The molecular weight excluding hydrogens is 248 g/mol. The molecule has 0 aromatic carbocycles. The molecule has 2 aliphatic heterocycles. The molecule has 0 bridgehead atoms. The fourth-order valence-corrected chi connectivity index (χ4v) is 3.55. The topological polar surface area (TPSA) is 33.1 Å². The van der Waals surface area contributed by atoms with Crippen molar-refractivity contribution in [3.05, 3.63) is 16.4 Å². The van der Waals surface area contributed by atoms with E-state index in [9.17, 15) is 0 Å². The number of nitrogens with zero attached hydrogens (tertiary/aromatic N) is 3. The van der Waals surface area contributed by atoms with E-state index in [1.165, 1.54) is 25.9 Å². The van der Waals surface area contributed by atoms with E-state index in [4.69, 9.17) is 11.6 Å². The third kappa shape index (κ3) is 2.17. The fourth-order valence-electron chi connectivity index (χ4n) is 3.33. The highest BCUT2D eigenvalue weighted by Crippen LogP contribution is 2.28. The number of rotatable bonds is 2. The second-order valence-corrected chi connectivity index (χ2v) is 6.00. The average molecular weight is 269 g/mol. The second kappa shape index (κ2) is 4.83. The lowest BCUT2D eigenvalue weighted by Crippen LogP contribution is -2.40. The average Bonchev–Trinajstić information content (AvgIpc) is 2.86. The van der Waals surface area contributed by atoms with Crippen molar-refractivity contribution in [2.24, 2.45) is 13.0 Å². The summed E-state index contributed by atoms with van der Waals surface area (Å²) in [5.74, 6) is 0.826. The number of likely N-dealkylation sites (tertiary alicyclic amines) is 1. The van der Waals surface area contributed by atoms with Crippen molar-refractivity contribution >= 4 is 11.6 Å². The lowest BCUT2D eigenvalue weighted by atomic mass is 9.94. The van der Waals surface area contributed by atoms with Gasteiger partial charge in [-0.25, -0.2) is 0 Å². The van der Waals surface area contributed by atoms with E-state index in [2.05, 4.69) is 15.3 Å². The summed E-state index contributed by atoms with van der Waals surface area (Å²) in [7, 11) is 1.98. The van der Waals surface area contributed by atoms with Crippen LogP contribution < -0.4 is 5.32 Å². The van der Waals surface area contributed by atoms with Gasteiger partial charge in [0.15, 0.2) is 0 Å². The highest BCUT2D eigenvalue weighted by molar-refractivity contribution is 6.31. The van der Waals surface area contributed by atoms with Crippen LogP contribution in [0.3, 0.4) is 0 Å². The zero-order valence-corrected chi connectivity index (χ0v) is 11.9. The van der Waals surface area contributed by atoms with Crippen molar-refractivity contribution in [2.75, 3.05) is 19.6 Å². The number of aromatic nitrogens is 2. The molecule has 0 radical (unpaired) electrons. The Balaban J connectivity index is 1.70. The summed E-state index contributed by atoms with van der Waals surface area (Å²) in [5, 5.41) is 8.85. The molecule has 2 aliphatic rings. The van der Waals surface area contributed by atoms with Crippen molar-refractivity contribution in [1.82, 2.24) is 20.0 Å². The van der Waals surface area contributed by atoms with Gasteiger partial charge < -0.3 is 5.32 Å². The van der Waals surface area contributed by atoms with Crippen molar-refractivity contribution < 1.29 is 0 Å². The van der Waals surface area contributed by atoms with E-state index in [0.717, 1.165) is 35.4 Å². The van der Waals surface area contributed by atoms with Crippen LogP contribution in [0.1, 0.15) is 24.2 Å². The molecule has 5 heteroatoms. The lowest BCUT2D eigenvalue weighted by molar-refractivity contribution is 0.304. The van der Waals surface area contributed by atoms with Gasteiger partial charge in [-0.1, -0.05) is 11.6 Å². The number of hydrogen-bond acceptors (Lipinski definition) is 3. The number of halogens is 1. The predicted molar refractivity (Wildman–Crippen MR) is 72.7 cm³/mol. The molecular formula is C13H21ClN4. The maximum Gasteiger partial charge on any atom is 0.0860 e. The van der Waals surface area contributed by atoms with Crippen LogP contribution in [0.5, 0.6) is 0 Å². The highest BCUT2D eigenvalue weighted by atomic mass is 35.5. The third-order valence-electron chi connectivity index (χ3n) is 4.31. The van der Waals surface area contributed by atoms with Gasteiger partial charge in [-0.05, 0) is 32.2 Å². The quantitative estimate of drug-likeness (QED) is 0.884. The van der Waals surface area contributed by atoms with Crippen LogP contribution in [0.25, 0.3) is 0 Å². The molecule has 2 unspecified atom stereocenters. The molecule has 0 saturated carbocycles. The molecule has 1 N–H and O–H groups in total. The molecule has 1 aromatic heterocycles. The van der Waals surface area contributed by atoms with Gasteiger partial charge in [-0.15, -0.1) is 0 Å². The maximum absolute atomic E-state index is 6.32. The third-order valence-corrected chi connectivity index (χ3v) is 4.80. The molecule has 3 rings (SSSR count). The zero-order chi connectivity index (χ0) is 12.7. The molecule has 2 fully saturated rings. The molecule has 3 heterocycles. The van der Waals surface area contributed by atoms with Crippen molar-refractivity contribution in [3.8, 4) is 0 Å². The summed E-state index contributed by atoms with van der Waals surface area (Å²) >= 11 is 6.32. The van der Waals surface area contributed by atoms with E-state index in [0.29, 0.717) is 6.04 Å². The van der Waals surface area contributed by atoms with Gasteiger partial charge in [0.05, 0.1) is 16.4 Å². The highest BCUT2D eigenvalue weighted by Gasteiger charge is 2.34. The zero-order valence-electron chi connectivity index (χ0n) is 11.1. The van der Waals surface area contributed by atoms with Crippen molar-refractivity contribution in [1.29, 1.82) is 0 Å². The van der Waals surface area contributed by atoms with E-state index < -0.39 is 0 Å². The summed E-state index contributed by atoms with van der Waals surface area (Å²) in [6, 6.07) is 0.687. The van der Waals surface area contributed by atoms with Crippen LogP contribution in [0.4, 0.5) is 0 Å². The van der Waals surface area contributed by atoms with Gasteiger partial charge in [-0.3, -0.25) is 9.58 Å². The summed E-state index contributed by atoms with van der Waals surface area (Å²) in [6.45, 7) is 6.41. The fraction of sp³-hybridized carbons (Fsp3) is 0.769. The number of fused-ring (bicyclic) bond motifs is 1. The van der Waals surface area contributed by atoms with Gasteiger partial charge in [0.25, 0.3) is 0 Å². The Bertz CT molecular complexity index is 428. The minimum atomic E-state index is 0.687.